The average Bonchev–Trinajstić information content (AvgIpc) is 2.39. The van der Waals surface area contributed by atoms with Crippen LogP contribution in [0.15, 0.2) is 49.6 Å². The van der Waals surface area contributed by atoms with Gasteiger partial charge in [0.2, 0.25) is 0 Å². The lowest BCUT2D eigenvalue weighted by molar-refractivity contribution is 0.795. The van der Waals surface area contributed by atoms with Crippen LogP contribution in [0, 0.1) is 11.8 Å². The molecular formula is C16H30. The summed E-state index contributed by atoms with van der Waals surface area (Å²) in [6.45, 7) is 22.1. The Hall–Kier alpha value is -1.04. The van der Waals surface area contributed by atoms with Crippen LogP contribution in [0.5, 0.6) is 0 Å². The Balaban J connectivity index is -0.000000245. The minimum absolute atomic E-state index is 0.564. The van der Waals surface area contributed by atoms with Crippen LogP contribution < -0.4 is 0 Å². The van der Waals surface area contributed by atoms with Crippen LogP contribution in [0.3, 0.4) is 0 Å². The fourth-order valence-electron chi connectivity index (χ4n) is 1.22. The molecule has 1 rings (SSSR count). The van der Waals surface area contributed by atoms with Crippen molar-refractivity contribution in [3.8, 4) is 0 Å². The predicted octanol–water partition coefficient (Wildman–Crippen LogP) is 5.80. The quantitative estimate of drug-likeness (QED) is 0.492. The summed E-state index contributed by atoms with van der Waals surface area (Å²) < 4.78 is 0. The summed E-state index contributed by atoms with van der Waals surface area (Å²) in [4.78, 5) is 0. The van der Waals surface area contributed by atoms with Gasteiger partial charge >= 0.3 is 0 Å². The second-order valence-corrected chi connectivity index (χ2v) is 2.90. The van der Waals surface area contributed by atoms with Gasteiger partial charge in [0.05, 0.1) is 0 Å². The van der Waals surface area contributed by atoms with Gasteiger partial charge in [0.25, 0.3) is 0 Å². The zero-order chi connectivity index (χ0) is 13.6. The summed E-state index contributed by atoms with van der Waals surface area (Å²) in [5, 5.41) is 0. The molecule has 0 aromatic heterocycles. The Labute approximate surface area is 103 Å². The zero-order valence-corrected chi connectivity index (χ0v) is 12.1. The number of allylic oxidation sites excluding steroid dienone is 5. The molecule has 0 saturated heterocycles. The number of hydrogen-bond acceptors (Lipinski definition) is 0. The van der Waals surface area contributed by atoms with Crippen molar-refractivity contribution in [2.75, 3.05) is 0 Å². The van der Waals surface area contributed by atoms with Crippen LogP contribution in [0.4, 0.5) is 0 Å². The van der Waals surface area contributed by atoms with Crippen LogP contribution in [0.1, 0.15) is 41.5 Å². The van der Waals surface area contributed by atoms with Crippen LogP contribution in [-0.2, 0) is 0 Å². The summed E-state index contributed by atoms with van der Waals surface area (Å²) in [5.74, 6) is 1.15. The maximum absolute atomic E-state index is 3.77. The topological polar surface area (TPSA) is 0 Å². The molecule has 0 amide bonds. The van der Waals surface area contributed by atoms with Crippen LogP contribution >= 0.6 is 0 Å². The minimum atomic E-state index is 0.564. The van der Waals surface area contributed by atoms with E-state index in [1.807, 2.05) is 33.8 Å². The third-order valence-electron chi connectivity index (χ3n) is 1.92. The average molecular weight is 222 g/mol. The third kappa shape index (κ3) is 9.51. The lowest BCUT2D eigenvalue weighted by Crippen LogP contribution is -2.01. The SMILES string of the molecule is C=C.C=CC1=CC(C)C=CC1C.CC.CC. The second-order valence-electron chi connectivity index (χ2n) is 2.90. The predicted molar refractivity (Wildman–Crippen MR) is 79.7 cm³/mol. The maximum Gasteiger partial charge on any atom is -0.00134 e. The van der Waals surface area contributed by atoms with E-state index in [4.69, 9.17) is 0 Å². The molecule has 0 aromatic carbocycles. The molecular weight excluding hydrogens is 192 g/mol. The molecule has 0 heterocycles. The summed E-state index contributed by atoms with van der Waals surface area (Å²) in [6.07, 6.45) is 8.68. The molecule has 0 bridgehead atoms. The van der Waals surface area contributed by atoms with Crippen LogP contribution in [0.2, 0.25) is 0 Å². The molecule has 1 aliphatic rings. The van der Waals surface area contributed by atoms with E-state index in [1.54, 1.807) is 0 Å². The minimum Gasteiger partial charge on any atom is -0.106 e. The molecule has 0 fully saturated rings. The Morgan fingerprint density at radius 2 is 1.44 bits per heavy atom. The molecule has 0 radical (unpaired) electrons. The zero-order valence-electron chi connectivity index (χ0n) is 12.1. The van der Waals surface area contributed by atoms with Crippen molar-refractivity contribution in [2.45, 2.75) is 41.5 Å². The highest BCUT2D eigenvalue weighted by Gasteiger charge is 2.07. The molecule has 0 aliphatic heterocycles. The molecule has 0 spiro atoms. The Morgan fingerprint density at radius 1 is 1.00 bits per heavy atom. The van der Waals surface area contributed by atoms with Gasteiger partial charge in [0.15, 0.2) is 0 Å². The van der Waals surface area contributed by atoms with Gasteiger partial charge in [-0.1, -0.05) is 72.4 Å². The van der Waals surface area contributed by atoms with Gasteiger partial charge in [-0.3, -0.25) is 0 Å². The number of hydrogen-bond donors (Lipinski definition) is 0. The summed E-state index contributed by atoms with van der Waals surface area (Å²) in [7, 11) is 0. The Kier molecular flexibility index (Phi) is 20.9. The standard InChI is InChI=1S/C10H14.2C2H6.C2H4/c1-4-10-7-8(2)5-6-9(10)3;3*1-2/h4-9H,1H2,2-3H3;2*1-2H3;1-2H2. The van der Waals surface area contributed by atoms with Gasteiger partial charge in [-0.2, -0.15) is 0 Å². The van der Waals surface area contributed by atoms with E-state index >= 15 is 0 Å². The van der Waals surface area contributed by atoms with E-state index in [1.165, 1.54) is 5.57 Å². The Morgan fingerprint density at radius 3 is 1.75 bits per heavy atom. The largest absolute Gasteiger partial charge is 0.106 e. The first kappa shape index (κ1) is 20.4. The lowest BCUT2D eigenvalue weighted by atomic mass is 9.91. The fraction of sp³-hybridized carbons (Fsp3) is 0.500. The summed E-state index contributed by atoms with van der Waals surface area (Å²) in [6, 6.07) is 0. The van der Waals surface area contributed by atoms with Gasteiger partial charge in [-0.05, 0) is 17.4 Å². The maximum atomic E-state index is 3.77. The highest BCUT2D eigenvalue weighted by molar-refractivity contribution is 5.28. The molecule has 2 unspecified atom stereocenters. The smallest absolute Gasteiger partial charge is 0.00134 e. The van der Waals surface area contributed by atoms with Crippen LogP contribution in [0.25, 0.3) is 0 Å². The highest BCUT2D eigenvalue weighted by Crippen LogP contribution is 2.21. The van der Waals surface area contributed by atoms with Gasteiger partial charge < -0.3 is 0 Å². The van der Waals surface area contributed by atoms with Crippen molar-refractivity contribution in [1.82, 2.24) is 0 Å². The first-order valence-corrected chi connectivity index (χ1v) is 6.26. The highest BCUT2D eigenvalue weighted by atomic mass is 14.1. The van der Waals surface area contributed by atoms with Crippen LogP contribution in [-0.4, -0.2) is 0 Å². The van der Waals surface area contributed by atoms with Gasteiger partial charge in [-0.25, -0.2) is 0 Å². The molecule has 1 aliphatic carbocycles. The number of rotatable bonds is 1. The van der Waals surface area contributed by atoms with Gasteiger partial charge in [0.1, 0.15) is 0 Å². The molecule has 2 atom stereocenters. The van der Waals surface area contributed by atoms with E-state index in [9.17, 15) is 0 Å². The van der Waals surface area contributed by atoms with Gasteiger partial charge in [0, 0.05) is 0 Å². The van der Waals surface area contributed by atoms with E-state index in [0.29, 0.717) is 11.8 Å². The molecule has 94 valence electrons. The summed E-state index contributed by atoms with van der Waals surface area (Å²) >= 11 is 0. The molecule has 0 saturated carbocycles. The van der Waals surface area contributed by atoms with E-state index in [-0.39, 0.29) is 0 Å². The van der Waals surface area contributed by atoms with E-state index < -0.39 is 0 Å². The molecule has 0 aromatic rings. The summed E-state index contributed by atoms with van der Waals surface area (Å²) in [5.41, 5.74) is 1.36. The van der Waals surface area contributed by atoms with Crippen molar-refractivity contribution < 1.29 is 0 Å². The first-order chi connectivity index (χ1) is 7.74. The molecule has 0 nitrogen and oxygen atoms in total. The normalized spacial score (nSPS) is 20.8. The first-order valence-electron chi connectivity index (χ1n) is 6.26. The molecule has 0 heteroatoms. The van der Waals surface area contributed by atoms with Crippen molar-refractivity contribution in [3.05, 3.63) is 49.6 Å². The third-order valence-corrected chi connectivity index (χ3v) is 1.92. The molecule has 0 N–H and O–H groups in total. The van der Waals surface area contributed by atoms with Crippen molar-refractivity contribution in [2.24, 2.45) is 11.8 Å². The second kappa shape index (κ2) is 16.4. The van der Waals surface area contributed by atoms with Crippen molar-refractivity contribution >= 4 is 0 Å². The Bertz CT molecular complexity index is 196. The monoisotopic (exact) mass is 222 g/mol. The fourth-order valence-corrected chi connectivity index (χ4v) is 1.22. The molecule has 16 heavy (non-hydrogen) atoms. The van der Waals surface area contributed by atoms with Crippen molar-refractivity contribution in [1.29, 1.82) is 0 Å². The lowest BCUT2D eigenvalue weighted by Gasteiger charge is -2.15. The van der Waals surface area contributed by atoms with Crippen molar-refractivity contribution in [3.63, 3.8) is 0 Å². The van der Waals surface area contributed by atoms with Gasteiger partial charge in [-0.15, -0.1) is 13.2 Å². The van der Waals surface area contributed by atoms with E-state index in [2.05, 4.69) is 51.8 Å². The van der Waals surface area contributed by atoms with E-state index in [0.717, 1.165) is 0 Å².